The van der Waals surface area contributed by atoms with E-state index in [4.69, 9.17) is 18.1 Å². The number of hydrogen-bond acceptors (Lipinski definition) is 3. The van der Waals surface area contributed by atoms with Gasteiger partial charge in [-0.15, -0.1) is 0 Å². The fraction of sp³-hybridized carbons (Fsp3) is 0.429. The quantitative estimate of drug-likeness (QED) is 0.355. The van der Waals surface area contributed by atoms with Gasteiger partial charge in [0, 0.05) is 24.8 Å². The average Bonchev–Trinajstić information content (AvgIpc) is 2.61. The molecule has 0 saturated carbocycles. The lowest BCUT2D eigenvalue weighted by Gasteiger charge is -2.03. The largest absolute Gasteiger partial charge is 0.357 e. The van der Waals surface area contributed by atoms with Crippen molar-refractivity contribution < 1.29 is 0 Å². The topological polar surface area (TPSA) is 67.9 Å². The van der Waals surface area contributed by atoms with Crippen molar-refractivity contribution in [2.24, 2.45) is 5.84 Å². The first-order valence-corrected chi connectivity index (χ1v) is 4.43. The number of aromatic nitrogens is 2. The average molecular weight is 199 g/mol. The first-order chi connectivity index (χ1) is 6.26. The van der Waals surface area contributed by atoms with E-state index in [0.717, 1.165) is 12.1 Å². The van der Waals surface area contributed by atoms with Crippen LogP contribution < -0.4 is 16.6 Å². The zero-order chi connectivity index (χ0) is 9.68. The number of aryl methyl sites for hydroxylation is 1. The van der Waals surface area contributed by atoms with Crippen LogP contribution in [0.1, 0.15) is 12.5 Å². The van der Waals surface area contributed by atoms with Gasteiger partial charge in [0.1, 0.15) is 0 Å². The SMILES string of the molecule is CCn1cc(CNC(=S)NN)cn1. The number of thiocarbonyl (C=S) groups is 1. The van der Waals surface area contributed by atoms with Gasteiger partial charge in [0.15, 0.2) is 5.11 Å². The number of rotatable bonds is 3. The molecule has 0 bridgehead atoms. The van der Waals surface area contributed by atoms with Crippen molar-refractivity contribution >= 4 is 17.3 Å². The fourth-order valence-corrected chi connectivity index (χ4v) is 0.976. The Balaban J connectivity index is 2.41. The Morgan fingerprint density at radius 2 is 2.54 bits per heavy atom. The molecule has 0 aliphatic rings. The van der Waals surface area contributed by atoms with Crippen molar-refractivity contribution in [1.82, 2.24) is 20.5 Å². The summed E-state index contributed by atoms with van der Waals surface area (Å²) in [5.41, 5.74) is 3.43. The van der Waals surface area contributed by atoms with E-state index in [2.05, 4.69) is 15.8 Å². The van der Waals surface area contributed by atoms with Crippen LogP contribution in [0.3, 0.4) is 0 Å². The molecule has 72 valence electrons. The first kappa shape index (κ1) is 9.94. The molecule has 6 heteroatoms. The summed E-state index contributed by atoms with van der Waals surface area (Å²) in [6.07, 6.45) is 3.77. The van der Waals surface area contributed by atoms with Crippen molar-refractivity contribution in [3.8, 4) is 0 Å². The van der Waals surface area contributed by atoms with Crippen molar-refractivity contribution in [1.29, 1.82) is 0 Å². The Morgan fingerprint density at radius 3 is 3.08 bits per heavy atom. The highest BCUT2D eigenvalue weighted by molar-refractivity contribution is 7.80. The molecular formula is C7H13N5S. The van der Waals surface area contributed by atoms with Crippen LogP contribution in [-0.4, -0.2) is 14.9 Å². The smallest absolute Gasteiger partial charge is 0.180 e. The second kappa shape index (κ2) is 4.78. The van der Waals surface area contributed by atoms with Crippen LogP contribution in [0.4, 0.5) is 0 Å². The fourth-order valence-electron chi connectivity index (χ4n) is 0.904. The predicted molar refractivity (Wildman–Crippen MR) is 54.7 cm³/mol. The van der Waals surface area contributed by atoms with E-state index < -0.39 is 0 Å². The maximum absolute atomic E-state index is 5.09. The van der Waals surface area contributed by atoms with Crippen molar-refractivity contribution in [2.75, 3.05) is 0 Å². The minimum atomic E-state index is 0.434. The molecule has 0 saturated heterocycles. The molecule has 1 heterocycles. The molecule has 0 aliphatic heterocycles. The van der Waals surface area contributed by atoms with Gasteiger partial charge in [-0.05, 0) is 19.1 Å². The highest BCUT2D eigenvalue weighted by Gasteiger charge is 1.97. The Bertz CT molecular complexity index is 282. The molecule has 0 aromatic carbocycles. The van der Waals surface area contributed by atoms with E-state index >= 15 is 0 Å². The van der Waals surface area contributed by atoms with Crippen LogP contribution in [0.25, 0.3) is 0 Å². The lowest BCUT2D eigenvalue weighted by Crippen LogP contribution is -2.39. The Morgan fingerprint density at radius 1 is 1.77 bits per heavy atom. The van der Waals surface area contributed by atoms with Crippen LogP contribution in [0.5, 0.6) is 0 Å². The molecular weight excluding hydrogens is 186 g/mol. The van der Waals surface area contributed by atoms with E-state index in [9.17, 15) is 0 Å². The van der Waals surface area contributed by atoms with E-state index in [1.807, 2.05) is 17.8 Å². The zero-order valence-corrected chi connectivity index (χ0v) is 8.27. The molecule has 0 spiro atoms. The zero-order valence-electron chi connectivity index (χ0n) is 7.45. The van der Waals surface area contributed by atoms with Gasteiger partial charge in [-0.25, -0.2) is 5.84 Å². The minimum Gasteiger partial charge on any atom is -0.357 e. The Hall–Kier alpha value is -1.14. The summed E-state index contributed by atoms with van der Waals surface area (Å²) in [6.45, 7) is 3.55. The number of nitrogens with two attached hydrogens (primary N) is 1. The maximum Gasteiger partial charge on any atom is 0.180 e. The van der Waals surface area contributed by atoms with Crippen LogP contribution in [-0.2, 0) is 13.1 Å². The monoisotopic (exact) mass is 199 g/mol. The van der Waals surface area contributed by atoms with E-state index in [0.29, 0.717) is 11.7 Å². The molecule has 0 radical (unpaired) electrons. The minimum absolute atomic E-state index is 0.434. The second-order valence-electron chi connectivity index (χ2n) is 2.53. The third-order valence-electron chi connectivity index (χ3n) is 1.59. The molecule has 0 aliphatic carbocycles. The van der Waals surface area contributed by atoms with E-state index in [1.54, 1.807) is 6.20 Å². The van der Waals surface area contributed by atoms with E-state index in [1.165, 1.54) is 0 Å². The van der Waals surface area contributed by atoms with Crippen LogP contribution in [0, 0.1) is 0 Å². The molecule has 13 heavy (non-hydrogen) atoms. The lowest BCUT2D eigenvalue weighted by molar-refractivity contribution is 0.659. The molecule has 0 fully saturated rings. The third-order valence-corrected chi connectivity index (χ3v) is 1.86. The van der Waals surface area contributed by atoms with Gasteiger partial charge in [0.25, 0.3) is 0 Å². The second-order valence-corrected chi connectivity index (χ2v) is 2.94. The van der Waals surface area contributed by atoms with Gasteiger partial charge >= 0.3 is 0 Å². The van der Waals surface area contributed by atoms with Crippen molar-refractivity contribution in [2.45, 2.75) is 20.0 Å². The predicted octanol–water partition coefficient (Wildman–Crippen LogP) is -0.259. The first-order valence-electron chi connectivity index (χ1n) is 4.02. The number of nitrogens with one attached hydrogen (secondary N) is 2. The molecule has 1 aromatic heterocycles. The molecule has 5 nitrogen and oxygen atoms in total. The molecule has 1 aromatic rings. The number of hydrogen-bond donors (Lipinski definition) is 3. The molecule has 0 atom stereocenters. The third kappa shape index (κ3) is 3.00. The summed E-state index contributed by atoms with van der Waals surface area (Å²) in [6, 6.07) is 0. The van der Waals surface area contributed by atoms with Crippen LogP contribution in [0.2, 0.25) is 0 Å². The van der Waals surface area contributed by atoms with Gasteiger partial charge in [-0.2, -0.15) is 5.10 Å². The number of nitrogens with zero attached hydrogens (tertiary/aromatic N) is 2. The highest BCUT2D eigenvalue weighted by atomic mass is 32.1. The number of hydrazine groups is 1. The Labute approximate surface area is 82.3 Å². The van der Waals surface area contributed by atoms with Gasteiger partial charge in [0.05, 0.1) is 6.20 Å². The summed E-state index contributed by atoms with van der Waals surface area (Å²) in [4.78, 5) is 0. The molecule has 0 amide bonds. The van der Waals surface area contributed by atoms with Crippen molar-refractivity contribution in [3.05, 3.63) is 18.0 Å². The van der Waals surface area contributed by atoms with Gasteiger partial charge < -0.3 is 10.7 Å². The summed E-state index contributed by atoms with van der Waals surface area (Å²) in [5, 5.41) is 7.48. The maximum atomic E-state index is 5.09. The summed E-state index contributed by atoms with van der Waals surface area (Å²) >= 11 is 4.82. The molecule has 0 unspecified atom stereocenters. The van der Waals surface area contributed by atoms with Gasteiger partial charge in [-0.1, -0.05) is 0 Å². The van der Waals surface area contributed by atoms with Crippen LogP contribution in [0.15, 0.2) is 12.4 Å². The molecule has 4 N–H and O–H groups in total. The molecule has 1 rings (SSSR count). The summed E-state index contributed by atoms with van der Waals surface area (Å²) in [7, 11) is 0. The van der Waals surface area contributed by atoms with Crippen LogP contribution >= 0.6 is 12.2 Å². The summed E-state index contributed by atoms with van der Waals surface area (Å²) in [5.74, 6) is 5.09. The van der Waals surface area contributed by atoms with Gasteiger partial charge in [0.2, 0.25) is 0 Å². The van der Waals surface area contributed by atoms with Gasteiger partial charge in [-0.3, -0.25) is 4.68 Å². The van der Waals surface area contributed by atoms with Crippen molar-refractivity contribution in [3.63, 3.8) is 0 Å². The highest BCUT2D eigenvalue weighted by Crippen LogP contribution is 1.96. The summed E-state index contributed by atoms with van der Waals surface area (Å²) < 4.78 is 1.86. The Kier molecular flexibility index (Phi) is 3.66. The van der Waals surface area contributed by atoms with E-state index in [-0.39, 0.29) is 0 Å². The standard InChI is InChI=1S/C7H13N5S/c1-2-12-5-6(4-10-12)3-9-7(13)11-8/h4-5H,2-3,8H2,1H3,(H2,9,11,13). The normalized spacial score (nSPS) is 9.69. The lowest BCUT2D eigenvalue weighted by atomic mass is 10.4.